The van der Waals surface area contributed by atoms with E-state index in [-0.39, 0.29) is 0 Å². The van der Waals surface area contributed by atoms with E-state index in [1.807, 2.05) is 6.20 Å². The monoisotopic (exact) mass is 244 g/mol. The summed E-state index contributed by atoms with van der Waals surface area (Å²) in [5, 5.41) is 11.8. The predicted molar refractivity (Wildman–Crippen MR) is 74.5 cm³/mol. The normalized spacial score (nSPS) is 24.3. The first-order valence-electron chi connectivity index (χ1n) is 6.76. The lowest BCUT2D eigenvalue weighted by Gasteiger charge is -2.32. The number of rotatable bonds is 3. The van der Waals surface area contributed by atoms with Crippen molar-refractivity contribution in [2.75, 3.05) is 11.9 Å². The van der Waals surface area contributed by atoms with Crippen LogP contribution in [-0.4, -0.2) is 22.8 Å². The lowest BCUT2D eigenvalue weighted by Crippen LogP contribution is -2.36. The molecule has 1 aliphatic carbocycles. The highest BCUT2D eigenvalue weighted by Gasteiger charge is 2.23. The number of nitrogens with one attached hydrogen (secondary N) is 2. The Labute approximate surface area is 107 Å². The maximum atomic E-state index is 5.87. The van der Waals surface area contributed by atoms with Gasteiger partial charge in [0.25, 0.3) is 0 Å². The smallest absolute Gasteiger partial charge is 0.0670 e. The molecule has 4 heteroatoms. The van der Waals surface area contributed by atoms with Crippen molar-refractivity contribution in [3.05, 3.63) is 24.4 Å². The zero-order valence-corrected chi connectivity index (χ0v) is 10.5. The van der Waals surface area contributed by atoms with Crippen LogP contribution in [0.3, 0.4) is 0 Å². The Morgan fingerprint density at radius 2 is 2.22 bits per heavy atom. The largest absolute Gasteiger partial charge is 0.382 e. The number of aromatic amines is 1. The molecule has 96 valence electrons. The summed E-state index contributed by atoms with van der Waals surface area (Å²) < 4.78 is 0. The molecule has 4 N–H and O–H groups in total. The third-order valence-corrected chi connectivity index (χ3v) is 4.01. The SMILES string of the molecule is NCC1CCCCC1Nc1ccc2cn[nH]c2c1. The van der Waals surface area contributed by atoms with Gasteiger partial charge in [-0.1, -0.05) is 12.8 Å². The van der Waals surface area contributed by atoms with Gasteiger partial charge in [0.2, 0.25) is 0 Å². The molecule has 1 fully saturated rings. The summed E-state index contributed by atoms with van der Waals surface area (Å²) in [6.07, 6.45) is 6.95. The molecule has 4 nitrogen and oxygen atoms in total. The van der Waals surface area contributed by atoms with Gasteiger partial charge in [0.15, 0.2) is 0 Å². The van der Waals surface area contributed by atoms with Crippen LogP contribution in [0.4, 0.5) is 5.69 Å². The van der Waals surface area contributed by atoms with Crippen LogP contribution in [0.25, 0.3) is 10.9 Å². The van der Waals surface area contributed by atoms with Crippen LogP contribution in [0, 0.1) is 5.92 Å². The van der Waals surface area contributed by atoms with E-state index in [2.05, 4.69) is 33.7 Å². The number of hydrogen-bond donors (Lipinski definition) is 3. The van der Waals surface area contributed by atoms with Crippen LogP contribution in [-0.2, 0) is 0 Å². The number of nitrogens with zero attached hydrogens (tertiary/aromatic N) is 1. The zero-order valence-electron chi connectivity index (χ0n) is 10.5. The molecule has 1 saturated carbocycles. The maximum absolute atomic E-state index is 5.87. The Balaban J connectivity index is 1.77. The molecule has 1 aromatic heterocycles. The fourth-order valence-electron chi connectivity index (χ4n) is 2.92. The second-order valence-corrected chi connectivity index (χ2v) is 5.20. The van der Waals surface area contributed by atoms with Crippen molar-refractivity contribution in [3.63, 3.8) is 0 Å². The number of H-pyrrole nitrogens is 1. The van der Waals surface area contributed by atoms with Crippen molar-refractivity contribution in [2.45, 2.75) is 31.7 Å². The first-order valence-corrected chi connectivity index (χ1v) is 6.76. The van der Waals surface area contributed by atoms with Gasteiger partial charge in [0.1, 0.15) is 0 Å². The lowest BCUT2D eigenvalue weighted by molar-refractivity contribution is 0.332. The van der Waals surface area contributed by atoms with E-state index in [9.17, 15) is 0 Å². The van der Waals surface area contributed by atoms with Crippen LogP contribution in [0.15, 0.2) is 24.4 Å². The number of anilines is 1. The van der Waals surface area contributed by atoms with Gasteiger partial charge in [-0.25, -0.2) is 0 Å². The van der Waals surface area contributed by atoms with Crippen molar-refractivity contribution in [3.8, 4) is 0 Å². The van der Waals surface area contributed by atoms with Crippen molar-refractivity contribution in [1.82, 2.24) is 10.2 Å². The lowest BCUT2D eigenvalue weighted by atomic mass is 9.84. The number of nitrogens with two attached hydrogens (primary N) is 1. The van der Waals surface area contributed by atoms with Crippen LogP contribution in [0.5, 0.6) is 0 Å². The summed E-state index contributed by atoms with van der Waals surface area (Å²) in [7, 11) is 0. The van der Waals surface area contributed by atoms with Gasteiger partial charge in [0, 0.05) is 17.1 Å². The van der Waals surface area contributed by atoms with Gasteiger partial charge in [-0.05, 0) is 43.5 Å². The minimum absolute atomic E-state index is 0.518. The second-order valence-electron chi connectivity index (χ2n) is 5.20. The van der Waals surface area contributed by atoms with E-state index in [1.165, 1.54) is 25.7 Å². The van der Waals surface area contributed by atoms with Gasteiger partial charge in [-0.15, -0.1) is 0 Å². The third-order valence-electron chi connectivity index (χ3n) is 4.01. The molecule has 3 rings (SSSR count). The minimum Gasteiger partial charge on any atom is -0.382 e. The molecule has 18 heavy (non-hydrogen) atoms. The van der Waals surface area contributed by atoms with E-state index in [0.717, 1.165) is 23.1 Å². The molecule has 1 heterocycles. The molecule has 0 aliphatic heterocycles. The molecule has 2 atom stereocenters. The van der Waals surface area contributed by atoms with E-state index >= 15 is 0 Å². The van der Waals surface area contributed by atoms with Gasteiger partial charge in [-0.3, -0.25) is 5.10 Å². The maximum Gasteiger partial charge on any atom is 0.0670 e. The molecule has 0 saturated heterocycles. The number of fused-ring (bicyclic) bond motifs is 1. The van der Waals surface area contributed by atoms with Crippen LogP contribution >= 0.6 is 0 Å². The van der Waals surface area contributed by atoms with Gasteiger partial charge >= 0.3 is 0 Å². The molecule has 1 aromatic carbocycles. The molecular weight excluding hydrogens is 224 g/mol. The fraction of sp³-hybridized carbons (Fsp3) is 0.500. The molecule has 0 radical (unpaired) electrons. The first kappa shape index (κ1) is 11.5. The Kier molecular flexibility index (Phi) is 3.19. The summed E-state index contributed by atoms with van der Waals surface area (Å²) >= 11 is 0. The average Bonchev–Trinajstić information content (AvgIpc) is 2.87. The summed E-state index contributed by atoms with van der Waals surface area (Å²) in [5.41, 5.74) is 8.11. The van der Waals surface area contributed by atoms with Crippen molar-refractivity contribution in [2.24, 2.45) is 11.7 Å². The van der Waals surface area contributed by atoms with Crippen LogP contribution in [0.1, 0.15) is 25.7 Å². The predicted octanol–water partition coefficient (Wildman–Crippen LogP) is 2.49. The number of hydrogen-bond acceptors (Lipinski definition) is 3. The molecular formula is C14H20N4. The standard InChI is InChI=1S/C14H20N4/c15-8-10-3-1-2-4-13(10)17-12-6-5-11-9-16-18-14(11)7-12/h5-7,9-10,13,17H,1-4,8,15H2,(H,16,18). The van der Waals surface area contributed by atoms with Crippen LogP contribution in [0.2, 0.25) is 0 Å². The van der Waals surface area contributed by atoms with E-state index < -0.39 is 0 Å². The van der Waals surface area contributed by atoms with Crippen molar-refractivity contribution in [1.29, 1.82) is 0 Å². The molecule has 1 aliphatic rings. The van der Waals surface area contributed by atoms with Gasteiger partial charge < -0.3 is 11.1 Å². The quantitative estimate of drug-likeness (QED) is 0.777. The summed E-state index contributed by atoms with van der Waals surface area (Å²) in [6.45, 7) is 0.782. The molecule has 0 bridgehead atoms. The first-order chi connectivity index (χ1) is 8.86. The summed E-state index contributed by atoms with van der Waals surface area (Å²) in [4.78, 5) is 0. The second kappa shape index (κ2) is 4.98. The number of benzene rings is 1. The Morgan fingerprint density at radius 3 is 3.11 bits per heavy atom. The van der Waals surface area contributed by atoms with Gasteiger partial charge in [-0.2, -0.15) is 5.10 Å². The highest BCUT2D eigenvalue weighted by atomic mass is 15.1. The average molecular weight is 244 g/mol. The van der Waals surface area contributed by atoms with Crippen molar-refractivity contribution >= 4 is 16.6 Å². The van der Waals surface area contributed by atoms with Gasteiger partial charge in [0.05, 0.1) is 11.7 Å². The van der Waals surface area contributed by atoms with Crippen LogP contribution < -0.4 is 11.1 Å². The molecule has 2 unspecified atom stereocenters. The highest BCUT2D eigenvalue weighted by Crippen LogP contribution is 2.27. The van der Waals surface area contributed by atoms with E-state index in [4.69, 9.17) is 5.73 Å². The van der Waals surface area contributed by atoms with Crippen molar-refractivity contribution < 1.29 is 0 Å². The third kappa shape index (κ3) is 2.20. The molecule has 0 spiro atoms. The molecule has 2 aromatic rings. The fourth-order valence-corrected chi connectivity index (χ4v) is 2.92. The summed E-state index contributed by atoms with van der Waals surface area (Å²) in [6, 6.07) is 6.87. The van der Waals surface area contributed by atoms with E-state index in [0.29, 0.717) is 12.0 Å². The van der Waals surface area contributed by atoms with E-state index in [1.54, 1.807) is 0 Å². The zero-order chi connectivity index (χ0) is 12.4. The Morgan fingerprint density at radius 1 is 1.33 bits per heavy atom. The highest BCUT2D eigenvalue weighted by molar-refractivity contribution is 5.81. The minimum atomic E-state index is 0.518. The molecule has 0 amide bonds. The summed E-state index contributed by atoms with van der Waals surface area (Å²) in [5.74, 6) is 0.608. The topological polar surface area (TPSA) is 66.7 Å². The Bertz CT molecular complexity index is 519. The number of aromatic nitrogens is 2. The Hall–Kier alpha value is -1.55.